The zero-order chi connectivity index (χ0) is 33.7. The first-order valence-electron chi connectivity index (χ1n) is 9.50. The molecule has 0 radical (unpaired) electrons. The van der Waals surface area contributed by atoms with E-state index < -0.39 is 88.8 Å². The number of hydrogen-bond acceptors (Lipinski definition) is 2. The van der Waals surface area contributed by atoms with E-state index in [4.69, 9.17) is 0 Å². The monoisotopic (exact) mass is 772 g/mol. The highest BCUT2D eigenvalue weighted by Gasteiger charge is 2.97. The van der Waals surface area contributed by atoms with Gasteiger partial charge in [-0.05, 0) is 6.42 Å². The second-order valence-corrected chi connectivity index (χ2v) is 9.53. The summed E-state index contributed by atoms with van der Waals surface area (Å²) in [6, 6.07) is 0. The first-order chi connectivity index (χ1) is 17.6. The molecule has 24 heteroatoms. The minimum atomic E-state index is -9.20. The molecule has 0 N–H and O–H groups in total. The number of hydrogen-bond donors (Lipinski definition) is 0. The summed E-state index contributed by atoms with van der Waals surface area (Å²) in [5.74, 6) is -78.3. The average Bonchev–Trinajstić information content (AvgIpc) is 2.79. The van der Waals surface area contributed by atoms with Crippen molar-refractivity contribution in [3.05, 3.63) is 12.7 Å². The number of halogens is 22. The number of alkyl halides is 22. The highest BCUT2D eigenvalue weighted by atomic mass is 127. The van der Waals surface area contributed by atoms with Crippen molar-refractivity contribution in [2.45, 2.75) is 76.2 Å². The molecule has 0 aliphatic heterocycles. The van der Waals surface area contributed by atoms with Crippen LogP contribution in [0.5, 0.6) is 0 Å². The third kappa shape index (κ3) is 5.98. The third-order valence-corrected chi connectivity index (χ3v) is 5.90. The van der Waals surface area contributed by atoms with Crippen LogP contribution in [0.2, 0.25) is 0 Å². The van der Waals surface area contributed by atoms with Gasteiger partial charge in [-0.25, -0.2) is 4.79 Å². The Morgan fingerprint density at radius 2 is 0.878 bits per heavy atom. The lowest BCUT2D eigenvalue weighted by atomic mass is 9.85. The maximum Gasteiger partial charge on any atom is 0.460 e. The van der Waals surface area contributed by atoms with Crippen LogP contribution in [0.1, 0.15) is 12.8 Å². The lowest BCUT2D eigenvalue weighted by Crippen LogP contribution is -2.76. The normalized spacial score (nSPS) is 16.4. The Balaban J connectivity index is 6.64. The predicted octanol–water partition coefficient (Wildman–Crippen LogP) is 8.58. The molecular weight excluding hydrogens is 762 g/mol. The molecule has 0 spiro atoms. The van der Waals surface area contributed by atoms with E-state index in [0.29, 0.717) is 6.08 Å². The van der Waals surface area contributed by atoms with Crippen LogP contribution < -0.4 is 0 Å². The average molecular weight is 772 g/mol. The summed E-state index contributed by atoms with van der Waals surface area (Å²) in [5.41, 5.74) is 0. The number of ether oxygens (including phenoxy) is 1. The summed E-state index contributed by atoms with van der Waals surface area (Å²) in [5, 5.41) is 0. The molecule has 0 fully saturated rings. The summed E-state index contributed by atoms with van der Waals surface area (Å²) in [7, 11) is 0. The predicted molar refractivity (Wildman–Crippen MR) is 98.8 cm³/mol. The van der Waals surface area contributed by atoms with E-state index in [2.05, 4.69) is 11.3 Å². The molecule has 0 aromatic rings. The molecule has 0 aromatic heterocycles. The van der Waals surface area contributed by atoms with Crippen molar-refractivity contribution in [1.29, 1.82) is 0 Å². The second-order valence-electron chi connectivity index (χ2n) is 7.77. The third-order valence-electron chi connectivity index (χ3n) is 4.92. The zero-order valence-corrected chi connectivity index (χ0v) is 20.8. The van der Waals surface area contributed by atoms with Gasteiger partial charge in [0.1, 0.15) is 6.61 Å². The van der Waals surface area contributed by atoms with Gasteiger partial charge >= 0.3 is 65.4 Å². The van der Waals surface area contributed by atoms with Gasteiger partial charge in [0.05, 0.1) is 0 Å². The van der Waals surface area contributed by atoms with Crippen molar-refractivity contribution < 1.29 is 102 Å². The quantitative estimate of drug-likeness (QED) is 0.0582. The zero-order valence-electron chi connectivity index (χ0n) is 18.6. The summed E-state index contributed by atoms with van der Waals surface area (Å²) in [6.45, 7) is 1.86. The van der Waals surface area contributed by atoms with Crippen LogP contribution in [-0.2, 0) is 9.53 Å². The van der Waals surface area contributed by atoms with E-state index in [-0.39, 0.29) is 0 Å². The highest BCUT2D eigenvalue weighted by Crippen LogP contribution is 2.66. The van der Waals surface area contributed by atoms with Crippen LogP contribution in [0.25, 0.3) is 0 Å². The summed E-state index contributed by atoms with van der Waals surface area (Å²) < 4.78 is 282. The minimum absolute atomic E-state index is 0.467. The molecule has 0 saturated carbocycles. The molecule has 0 rings (SSSR count). The Morgan fingerprint density at radius 3 is 1.17 bits per heavy atom. The molecule has 0 aliphatic rings. The molecule has 0 aliphatic carbocycles. The van der Waals surface area contributed by atoms with Crippen LogP contribution in [0.3, 0.4) is 0 Å². The smallest absolute Gasteiger partial charge is 0.460 e. The molecule has 0 heterocycles. The van der Waals surface area contributed by atoms with E-state index in [0.717, 1.165) is 22.6 Å². The number of carbonyl (C=O) groups excluding carboxylic acids is 1. The highest BCUT2D eigenvalue weighted by molar-refractivity contribution is 14.1. The molecule has 0 saturated heterocycles. The lowest BCUT2D eigenvalue weighted by Gasteiger charge is -2.44. The first-order valence-corrected chi connectivity index (χ1v) is 10.7. The first kappa shape index (κ1) is 39.5. The molecule has 41 heavy (non-hydrogen) atoms. The fourth-order valence-corrected chi connectivity index (χ4v) is 2.89. The molecule has 0 aromatic carbocycles. The van der Waals surface area contributed by atoms with Gasteiger partial charge in [-0.2, -0.15) is 92.2 Å². The Hall–Kier alpha value is -1.53. The Morgan fingerprint density at radius 1 is 0.585 bits per heavy atom. The van der Waals surface area contributed by atoms with Crippen LogP contribution in [-0.4, -0.2) is 76.0 Å². The number of rotatable bonds is 14. The van der Waals surface area contributed by atoms with Crippen molar-refractivity contribution in [2.24, 2.45) is 0 Å². The van der Waals surface area contributed by atoms with Gasteiger partial charge in [0.25, 0.3) is 0 Å². The van der Waals surface area contributed by atoms with Gasteiger partial charge in [-0.15, -0.1) is 0 Å². The number of carbonyl (C=O) groups is 1. The van der Waals surface area contributed by atoms with E-state index in [1.165, 1.54) is 0 Å². The van der Waals surface area contributed by atoms with Gasteiger partial charge in [0.2, 0.25) is 0 Å². The Labute approximate surface area is 226 Å². The fourth-order valence-electron chi connectivity index (χ4n) is 2.40. The van der Waals surface area contributed by atoms with Crippen LogP contribution in [0.4, 0.5) is 92.2 Å². The van der Waals surface area contributed by atoms with Crippen molar-refractivity contribution >= 4 is 28.6 Å². The maximum atomic E-state index is 13.8. The largest absolute Gasteiger partial charge is 0.461 e. The van der Waals surface area contributed by atoms with E-state index in [1.807, 2.05) is 0 Å². The fraction of sp³-hybridized carbons (Fsp3) is 0.824. The van der Waals surface area contributed by atoms with Crippen molar-refractivity contribution in [3.8, 4) is 0 Å². The van der Waals surface area contributed by atoms with E-state index in [1.54, 1.807) is 0 Å². The molecule has 1 unspecified atom stereocenters. The molecule has 1 atom stereocenters. The minimum Gasteiger partial charge on any atom is -0.461 e. The molecular formula is C17H10F21IO2. The molecule has 0 amide bonds. The van der Waals surface area contributed by atoms with Crippen LogP contribution in [0, 0.1) is 0 Å². The standard InChI is InChI=1S/C17H10F21IO2/c1-2-7(40)41-5-6(39)3-4-8(18,19)9(20,21)10(22,23)11(24,25)12(26,27)13(28,29)14(30,31)15(32,33)16(34,35)17(36,37)38/h2,6H,1,3-5H2. The topological polar surface area (TPSA) is 26.3 Å². The SMILES string of the molecule is C=CC(=O)OCC(I)CCC(F)(F)C(F)(F)C(F)(F)C(F)(F)C(F)(F)C(F)(F)C(F)(F)C(F)(F)C(F)(F)C(F)(F)F. The second kappa shape index (κ2) is 11.2. The maximum absolute atomic E-state index is 13.8. The van der Waals surface area contributed by atoms with E-state index >= 15 is 0 Å². The molecule has 244 valence electrons. The molecule has 0 bridgehead atoms. The van der Waals surface area contributed by atoms with Gasteiger partial charge in [-0.3, -0.25) is 0 Å². The van der Waals surface area contributed by atoms with Crippen molar-refractivity contribution in [2.75, 3.05) is 6.61 Å². The van der Waals surface area contributed by atoms with Gasteiger partial charge in [0, 0.05) is 16.4 Å². The van der Waals surface area contributed by atoms with E-state index in [9.17, 15) is 97.0 Å². The lowest BCUT2D eigenvalue weighted by molar-refractivity contribution is -0.474. The Bertz CT molecular complexity index is 954. The summed E-state index contributed by atoms with van der Waals surface area (Å²) in [4.78, 5) is 10.8. The Kier molecular flexibility index (Phi) is 10.8. The van der Waals surface area contributed by atoms with Gasteiger partial charge in [0.15, 0.2) is 0 Å². The summed E-state index contributed by atoms with van der Waals surface area (Å²) in [6.07, 6.45) is -11.8. The van der Waals surface area contributed by atoms with Crippen LogP contribution >= 0.6 is 22.6 Å². The van der Waals surface area contributed by atoms with Crippen LogP contribution in [0.15, 0.2) is 12.7 Å². The van der Waals surface area contributed by atoms with Crippen molar-refractivity contribution in [3.63, 3.8) is 0 Å². The van der Waals surface area contributed by atoms with Gasteiger partial charge < -0.3 is 4.74 Å². The number of esters is 1. The van der Waals surface area contributed by atoms with Gasteiger partial charge in [-0.1, -0.05) is 29.2 Å². The summed E-state index contributed by atoms with van der Waals surface area (Å²) >= 11 is 1.01. The molecule has 2 nitrogen and oxygen atoms in total. The van der Waals surface area contributed by atoms with Crippen molar-refractivity contribution in [1.82, 2.24) is 0 Å².